The highest BCUT2D eigenvalue weighted by molar-refractivity contribution is 6.05. The van der Waals surface area contributed by atoms with Crippen molar-refractivity contribution in [1.82, 2.24) is 0 Å². The Kier molecular flexibility index (Phi) is 2.60. The Morgan fingerprint density at radius 1 is 1.68 bits per heavy atom. The summed E-state index contributed by atoms with van der Waals surface area (Å²) in [5, 5.41) is 0. The highest BCUT2D eigenvalue weighted by Crippen LogP contribution is 2.58. The van der Waals surface area contributed by atoms with E-state index >= 15 is 0 Å². The second-order valence-corrected chi connectivity index (χ2v) is 5.67. The highest BCUT2D eigenvalue weighted by Gasteiger charge is 2.72. The quantitative estimate of drug-likeness (QED) is 0.568. The molecular weight excluding hydrogens is 244 g/mol. The van der Waals surface area contributed by atoms with Gasteiger partial charge in [0.15, 0.2) is 11.2 Å². The third-order valence-electron chi connectivity index (χ3n) is 4.80. The first-order chi connectivity index (χ1) is 9.01. The topological polar surface area (TPSA) is 55.9 Å². The van der Waals surface area contributed by atoms with Crippen molar-refractivity contribution in [1.29, 1.82) is 0 Å². The fourth-order valence-corrected chi connectivity index (χ4v) is 3.78. The lowest BCUT2D eigenvalue weighted by atomic mass is 9.56. The monoisotopic (exact) mass is 262 g/mol. The molecule has 19 heavy (non-hydrogen) atoms. The predicted molar refractivity (Wildman–Crippen MR) is 68.6 cm³/mol. The minimum absolute atomic E-state index is 0.00363. The summed E-state index contributed by atoms with van der Waals surface area (Å²) >= 11 is 0. The average Bonchev–Trinajstić information content (AvgIpc) is 3.17. The van der Waals surface area contributed by atoms with Gasteiger partial charge in [0.1, 0.15) is 5.78 Å². The first kappa shape index (κ1) is 12.8. The van der Waals surface area contributed by atoms with E-state index in [2.05, 4.69) is 6.58 Å². The van der Waals surface area contributed by atoms with Crippen molar-refractivity contribution in [2.24, 2.45) is 11.8 Å². The van der Waals surface area contributed by atoms with Gasteiger partial charge in [0, 0.05) is 13.0 Å². The van der Waals surface area contributed by atoms with Crippen LogP contribution in [0.25, 0.3) is 0 Å². The fraction of sp³-hybridized carbons (Fsp3) is 0.600. The van der Waals surface area contributed by atoms with Crippen LogP contribution in [0.15, 0.2) is 24.3 Å². The Bertz CT molecular complexity index is 500. The van der Waals surface area contributed by atoms with Gasteiger partial charge in [-0.15, -0.1) is 6.58 Å². The molecule has 0 aromatic carbocycles. The predicted octanol–water partition coefficient (Wildman–Crippen LogP) is 1.45. The smallest absolute Gasteiger partial charge is 0.203 e. The van der Waals surface area contributed by atoms with E-state index in [4.69, 9.17) is 9.47 Å². The van der Waals surface area contributed by atoms with E-state index in [1.165, 1.54) is 14.0 Å². The number of ether oxygens (including phenoxy) is 2. The van der Waals surface area contributed by atoms with Gasteiger partial charge in [-0.2, -0.15) is 0 Å². The number of Topliss-reactive ketones (excluding diaryl/α,β-unsaturated/α-hetero) is 2. The van der Waals surface area contributed by atoms with Gasteiger partial charge in [0.2, 0.25) is 5.78 Å². The van der Waals surface area contributed by atoms with Gasteiger partial charge in [-0.1, -0.05) is 11.6 Å². The van der Waals surface area contributed by atoms with Crippen molar-refractivity contribution in [2.75, 3.05) is 13.7 Å². The van der Waals surface area contributed by atoms with Crippen LogP contribution >= 0.6 is 0 Å². The maximum atomic E-state index is 12.7. The van der Waals surface area contributed by atoms with Crippen molar-refractivity contribution in [2.45, 2.75) is 31.0 Å². The summed E-state index contributed by atoms with van der Waals surface area (Å²) in [5.74, 6) is -0.460. The number of ketones is 2. The molecule has 2 bridgehead atoms. The average molecular weight is 262 g/mol. The third kappa shape index (κ3) is 1.41. The van der Waals surface area contributed by atoms with Crippen LogP contribution in [-0.2, 0) is 19.1 Å². The summed E-state index contributed by atoms with van der Waals surface area (Å²) in [6, 6.07) is 0. The molecule has 4 atom stereocenters. The molecule has 0 radical (unpaired) electrons. The molecule has 2 fully saturated rings. The van der Waals surface area contributed by atoms with Crippen LogP contribution < -0.4 is 0 Å². The zero-order valence-corrected chi connectivity index (χ0v) is 11.3. The molecule has 0 aromatic heterocycles. The lowest BCUT2D eigenvalue weighted by Crippen LogP contribution is -2.64. The molecule has 1 spiro atoms. The van der Waals surface area contributed by atoms with Crippen LogP contribution in [0.1, 0.15) is 19.8 Å². The van der Waals surface area contributed by atoms with Crippen LogP contribution in [0.5, 0.6) is 0 Å². The molecule has 0 aromatic rings. The highest BCUT2D eigenvalue weighted by atomic mass is 16.6. The van der Waals surface area contributed by atoms with Crippen LogP contribution in [0.2, 0.25) is 0 Å². The van der Waals surface area contributed by atoms with Gasteiger partial charge in [0.05, 0.1) is 12.5 Å². The molecule has 4 unspecified atom stereocenters. The number of carbonyl (C=O) groups excluding carboxylic acids is 2. The Labute approximate surface area is 112 Å². The molecule has 3 aliphatic carbocycles. The molecule has 4 heteroatoms. The summed E-state index contributed by atoms with van der Waals surface area (Å²) in [4.78, 5) is 24.6. The normalized spacial score (nSPS) is 43.3. The third-order valence-corrected chi connectivity index (χ3v) is 4.80. The van der Waals surface area contributed by atoms with Crippen molar-refractivity contribution < 1.29 is 19.1 Å². The summed E-state index contributed by atoms with van der Waals surface area (Å²) < 4.78 is 11.0. The summed E-state index contributed by atoms with van der Waals surface area (Å²) in [5.41, 5.74) is -0.740. The van der Waals surface area contributed by atoms with E-state index < -0.39 is 17.1 Å². The molecule has 1 aliphatic heterocycles. The molecular formula is C15H18O4. The van der Waals surface area contributed by atoms with E-state index in [0.717, 1.165) is 5.57 Å². The van der Waals surface area contributed by atoms with Gasteiger partial charge in [-0.3, -0.25) is 9.59 Å². The minimum Gasteiger partial charge on any atom is -0.365 e. The van der Waals surface area contributed by atoms with Crippen LogP contribution in [0, 0.1) is 11.8 Å². The molecule has 4 nitrogen and oxygen atoms in total. The van der Waals surface area contributed by atoms with Gasteiger partial charge in [-0.25, -0.2) is 0 Å². The Morgan fingerprint density at radius 3 is 2.84 bits per heavy atom. The fourth-order valence-electron chi connectivity index (χ4n) is 3.78. The summed E-state index contributed by atoms with van der Waals surface area (Å²) in [6.45, 7) is 5.73. The number of epoxide rings is 1. The molecule has 0 amide bonds. The summed E-state index contributed by atoms with van der Waals surface area (Å²) in [6.07, 6.45) is 5.01. The number of rotatable bonds is 4. The van der Waals surface area contributed by atoms with Gasteiger partial charge in [-0.05, 0) is 25.8 Å². The number of hydrogen-bond acceptors (Lipinski definition) is 4. The molecule has 1 saturated carbocycles. The van der Waals surface area contributed by atoms with Crippen molar-refractivity contribution >= 4 is 11.6 Å². The number of hydrogen-bond donors (Lipinski definition) is 0. The van der Waals surface area contributed by atoms with Crippen LogP contribution in [0.4, 0.5) is 0 Å². The molecule has 102 valence electrons. The number of fused-ring (bicyclic) bond motifs is 1. The number of carbonyl (C=O) groups is 2. The zero-order valence-electron chi connectivity index (χ0n) is 11.3. The van der Waals surface area contributed by atoms with Crippen molar-refractivity contribution in [3.63, 3.8) is 0 Å². The van der Waals surface area contributed by atoms with E-state index in [9.17, 15) is 9.59 Å². The van der Waals surface area contributed by atoms with Crippen molar-refractivity contribution in [3.8, 4) is 0 Å². The standard InChI is InChI=1S/C15H18O4/c1-4-5-10-7-14(18-3)11(9(2)16)6-12(10)15(8-19-15)13(14)17/h4,7,11-12H,1,5-6,8H2,2-3H3. The number of allylic oxidation sites excluding steroid dienone is 1. The zero-order chi connectivity index (χ0) is 13.8. The first-order valence-corrected chi connectivity index (χ1v) is 6.59. The lowest BCUT2D eigenvalue weighted by molar-refractivity contribution is -0.164. The number of methoxy groups -OCH3 is 1. The molecule has 4 rings (SSSR count). The largest absolute Gasteiger partial charge is 0.365 e. The maximum Gasteiger partial charge on any atom is 0.203 e. The van der Waals surface area contributed by atoms with E-state index in [-0.39, 0.29) is 17.5 Å². The minimum atomic E-state index is -1.13. The Balaban J connectivity index is 2.14. The second-order valence-electron chi connectivity index (χ2n) is 5.67. The molecule has 1 heterocycles. The second kappa shape index (κ2) is 3.87. The van der Waals surface area contributed by atoms with Gasteiger partial charge >= 0.3 is 0 Å². The van der Waals surface area contributed by atoms with Crippen LogP contribution in [-0.4, -0.2) is 36.5 Å². The summed E-state index contributed by atoms with van der Waals surface area (Å²) in [7, 11) is 1.50. The molecule has 4 aliphatic rings. The van der Waals surface area contributed by atoms with Gasteiger partial charge < -0.3 is 9.47 Å². The van der Waals surface area contributed by atoms with Crippen LogP contribution in [0.3, 0.4) is 0 Å². The van der Waals surface area contributed by atoms with E-state index in [0.29, 0.717) is 19.4 Å². The maximum absolute atomic E-state index is 12.7. The first-order valence-electron chi connectivity index (χ1n) is 6.59. The Morgan fingerprint density at radius 2 is 2.37 bits per heavy atom. The van der Waals surface area contributed by atoms with Crippen molar-refractivity contribution in [3.05, 3.63) is 24.3 Å². The van der Waals surface area contributed by atoms with E-state index in [1.807, 2.05) is 12.2 Å². The molecule has 0 N–H and O–H groups in total. The SMILES string of the molecule is C=CCC1=CC2(OC)C(=O)C3(CO3)C1CC2C(C)=O. The van der Waals surface area contributed by atoms with E-state index in [1.54, 1.807) is 0 Å². The molecule has 1 saturated heterocycles. The Hall–Kier alpha value is -1.26. The van der Waals surface area contributed by atoms with Gasteiger partial charge in [0.25, 0.3) is 0 Å². The lowest BCUT2D eigenvalue weighted by Gasteiger charge is -2.50.